The van der Waals surface area contributed by atoms with Crippen molar-refractivity contribution in [1.29, 1.82) is 0 Å². The highest BCUT2D eigenvalue weighted by molar-refractivity contribution is 9.10. The molecule has 4 nitrogen and oxygen atoms in total. The first-order valence-corrected chi connectivity index (χ1v) is 8.15. The number of fused-ring (bicyclic) bond motifs is 3. The molecule has 0 saturated carbocycles. The molecule has 24 heavy (non-hydrogen) atoms. The van der Waals surface area contributed by atoms with Gasteiger partial charge in [-0.25, -0.2) is 0 Å². The standard InChI is InChI=1S/C19H11BrN2O2/c20-14-8-9-15(17(11-14)22(23)24)16-5-1-3-12-6-7-13-4-2-10-21-19(13)18(12)16/h1-11H. The van der Waals surface area contributed by atoms with Crippen molar-refractivity contribution in [1.82, 2.24) is 4.98 Å². The van der Waals surface area contributed by atoms with E-state index in [0.717, 1.165) is 27.2 Å². The van der Waals surface area contributed by atoms with Gasteiger partial charge in [0.05, 0.1) is 16.0 Å². The summed E-state index contributed by atoms with van der Waals surface area (Å²) in [5.41, 5.74) is 2.33. The van der Waals surface area contributed by atoms with Gasteiger partial charge < -0.3 is 0 Å². The molecule has 0 aliphatic rings. The summed E-state index contributed by atoms with van der Waals surface area (Å²) in [6, 6.07) is 18.9. The summed E-state index contributed by atoms with van der Waals surface area (Å²) < 4.78 is 0.682. The highest BCUT2D eigenvalue weighted by atomic mass is 79.9. The van der Waals surface area contributed by atoms with Gasteiger partial charge in [-0.3, -0.25) is 15.1 Å². The van der Waals surface area contributed by atoms with Crippen molar-refractivity contribution in [2.75, 3.05) is 0 Å². The summed E-state index contributed by atoms with van der Waals surface area (Å²) in [7, 11) is 0. The van der Waals surface area contributed by atoms with Crippen LogP contribution >= 0.6 is 15.9 Å². The summed E-state index contributed by atoms with van der Waals surface area (Å²) in [6.45, 7) is 0. The van der Waals surface area contributed by atoms with Gasteiger partial charge in [-0.1, -0.05) is 52.3 Å². The van der Waals surface area contributed by atoms with Crippen LogP contribution in [0.3, 0.4) is 0 Å². The quantitative estimate of drug-likeness (QED) is 0.254. The van der Waals surface area contributed by atoms with Crippen LogP contribution in [0.15, 0.2) is 71.3 Å². The summed E-state index contributed by atoms with van der Waals surface area (Å²) in [5.74, 6) is 0. The van der Waals surface area contributed by atoms with E-state index in [0.29, 0.717) is 10.0 Å². The number of benzene rings is 3. The van der Waals surface area contributed by atoms with E-state index in [2.05, 4.69) is 20.9 Å². The SMILES string of the molecule is O=[N+]([O-])c1cc(Br)ccc1-c1cccc2ccc3cccnc3c12. The van der Waals surface area contributed by atoms with Crippen LogP contribution in [0.1, 0.15) is 0 Å². The van der Waals surface area contributed by atoms with Crippen molar-refractivity contribution in [3.8, 4) is 11.1 Å². The van der Waals surface area contributed by atoms with Crippen LogP contribution in [-0.4, -0.2) is 9.91 Å². The lowest BCUT2D eigenvalue weighted by Crippen LogP contribution is -1.93. The summed E-state index contributed by atoms with van der Waals surface area (Å²) in [5, 5.41) is 14.5. The van der Waals surface area contributed by atoms with Gasteiger partial charge in [-0.05, 0) is 29.1 Å². The van der Waals surface area contributed by atoms with E-state index in [-0.39, 0.29) is 10.6 Å². The third-order valence-electron chi connectivity index (χ3n) is 4.06. The molecule has 4 aromatic rings. The predicted molar refractivity (Wildman–Crippen MR) is 99.0 cm³/mol. The van der Waals surface area contributed by atoms with Gasteiger partial charge >= 0.3 is 0 Å². The Kier molecular flexibility index (Phi) is 3.50. The lowest BCUT2D eigenvalue weighted by molar-refractivity contribution is -0.384. The van der Waals surface area contributed by atoms with Gasteiger partial charge in [0, 0.05) is 27.5 Å². The second-order valence-corrected chi connectivity index (χ2v) is 6.38. The number of rotatable bonds is 2. The highest BCUT2D eigenvalue weighted by Crippen LogP contribution is 2.38. The molecule has 0 aliphatic heterocycles. The van der Waals surface area contributed by atoms with Crippen LogP contribution in [-0.2, 0) is 0 Å². The highest BCUT2D eigenvalue weighted by Gasteiger charge is 2.18. The van der Waals surface area contributed by atoms with Crippen LogP contribution in [0.5, 0.6) is 0 Å². The minimum absolute atomic E-state index is 0.0739. The molecule has 5 heteroatoms. The van der Waals surface area contributed by atoms with Gasteiger partial charge in [0.25, 0.3) is 5.69 Å². The molecule has 1 aromatic heterocycles. The molecule has 0 N–H and O–H groups in total. The van der Waals surface area contributed by atoms with Crippen LogP contribution < -0.4 is 0 Å². The Morgan fingerprint density at radius 3 is 2.54 bits per heavy atom. The molecule has 0 aliphatic carbocycles. The molecular formula is C19H11BrN2O2. The number of aromatic nitrogens is 1. The number of nitrogens with zero attached hydrogens (tertiary/aromatic N) is 2. The van der Waals surface area contributed by atoms with E-state index in [9.17, 15) is 10.1 Å². The number of pyridine rings is 1. The minimum Gasteiger partial charge on any atom is -0.258 e. The van der Waals surface area contributed by atoms with Crippen molar-refractivity contribution < 1.29 is 4.92 Å². The van der Waals surface area contributed by atoms with Gasteiger partial charge in [-0.15, -0.1) is 0 Å². The topological polar surface area (TPSA) is 56.0 Å². The number of nitro benzene ring substituents is 1. The molecule has 4 rings (SSSR count). The first-order valence-electron chi connectivity index (χ1n) is 7.36. The number of nitro groups is 1. The zero-order valence-corrected chi connectivity index (χ0v) is 14.0. The molecule has 0 spiro atoms. The van der Waals surface area contributed by atoms with Crippen LogP contribution in [0.4, 0.5) is 5.69 Å². The smallest absolute Gasteiger partial charge is 0.258 e. The minimum atomic E-state index is -0.350. The molecule has 0 saturated heterocycles. The van der Waals surface area contributed by atoms with Crippen molar-refractivity contribution in [3.05, 3.63) is 81.4 Å². The average molecular weight is 379 g/mol. The third-order valence-corrected chi connectivity index (χ3v) is 4.55. The first kappa shape index (κ1) is 14.8. The molecule has 0 fully saturated rings. The maximum Gasteiger partial charge on any atom is 0.278 e. The molecule has 1 heterocycles. The van der Waals surface area contributed by atoms with Gasteiger partial charge in [0.1, 0.15) is 0 Å². The van der Waals surface area contributed by atoms with Crippen molar-refractivity contribution >= 4 is 43.3 Å². The zero-order chi connectivity index (χ0) is 16.7. The van der Waals surface area contributed by atoms with Crippen LogP contribution in [0, 0.1) is 10.1 Å². The van der Waals surface area contributed by atoms with Crippen LogP contribution in [0.25, 0.3) is 32.8 Å². The Labute approximate surface area is 146 Å². The molecule has 3 aromatic carbocycles. The van der Waals surface area contributed by atoms with Crippen molar-refractivity contribution in [3.63, 3.8) is 0 Å². The van der Waals surface area contributed by atoms with E-state index in [1.54, 1.807) is 12.3 Å². The largest absolute Gasteiger partial charge is 0.278 e. The van der Waals surface area contributed by atoms with Gasteiger partial charge in [0.2, 0.25) is 0 Å². The Morgan fingerprint density at radius 2 is 1.71 bits per heavy atom. The maximum atomic E-state index is 11.5. The fraction of sp³-hybridized carbons (Fsp3) is 0. The molecule has 0 radical (unpaired) electrons. The predicted octanol–water partition coefficient (Wildman–Crippen LogP) is 5.73. The second kappa shape index (κ2) is 5.69. The van der Waals surface area contributed by atoms with Gasteiger partial charge in [-0.2, -0.15) is 0 Å². The Hall–Kier alpha value is -2.79. The summed E-state index contributed by atoms with van der Waals surface area (Å²) in [6.07, 6.45) is 1.74. The number of halogens is 1. The maximum absolute atomic E-state index is 11.5. The van der Waals surface area contributed by atoms with E-state index in [1.807, 2.05) is 48.5 Å². The first-order chi connectivity index (χ1) is 11.6. The van der Waals surface area contributed by atoms with E-state index in [1.165, 1.54) is 6.07 Å². The van der Waals surface area contributed by atoms with E-state index in [4.69, 9.17) is 0 Å². The average Bonchev–Trinajstić information content (AvgIpc) is 2.61. The molecule has 0 unspecified atom stereocenters. The normalized spacial score (nSPS) is 11.0. The van der Waals surface area contributed by atoms with Gasteiger partial charge in [0.15, 0.2) is 0 Å². The molecule has 0 bridgehead atoms. The Bertz CT molecular complexity index is 1110. The molecule has 0 atom stereocenters. The number of hydrogen-bond donors (Lipinski definition) is 0. The molecule has 0 amide bonds. The third kappa shape index (κ3) is 2.34. The lowest BCUT2D eigenvalue weighted by atomic mass is 9.95. The fourth-order valence-electron chi connectivity index (χ4n) is 3.02. The summed E-state index contributed by atoms with van der Waals surface area (Å²) >= 11 is 3.31. The lowest BCUT2D eigenvalue weighted by Gasteiger charge is -2.10. The fourth-order valence-corrected chi connectivity index (χ4v) is 3.37. The molecule has 116 valence electrons. The van der Waals surface area contributed by atoms with E-state index < -0.39 is 0 Å². The number of hydrogen-bond acceptors (Lipinski definition) is 3. The Balaban J connectivity index is 2.16. The zero-order valence-electron chi connectivity index (χ0n) is 12.4. The summed E-state index contributed by atoms with van der Waals surface area (Å²) in [4.78, 5) is 15.7. The monoisotopic (exact) mass is 378 g/mol. The van der Waals surface area contributed by atoms with E-state index >= 15 is 0 Å². The molecular weight excluding hydrogens is 368 g/mol. The Morgan fingerprint density at radius 1 is 0.917 bits per heavy atom. The van der Waals surface area contributed by atoms with Crippen molar-refractivity contribution in [2.45, 2.75) is 0 Å². The second-order valence-electron chi connectivity index (χ2n) is 5.46. The van der Waals surface area contributed by atoms with Crippen LogP contribution in [0.2, 0.25) is 0 Å². The van der Waals surface area contributed by atoms with Crippen molar-refractivity contribution in [2.24, 2.45) is 0 Å².